The first kappa shape index (κ1) is 10.6. The van der Waals surface area contributed by atoms with Gasteiger partial charge in [0, 0.05) is 0 Å². The molecule has 1 aromatic rings. The van der Waals surface area contributed by atoms with Gasteiger partial charge in [-0.1, -0.05) is 18.2 Å². The van der Waals surface area contributed by atoms with E-state index in [1.165, 1.54) is 0 Å². The van der Waals surface area contributed by atoms with E-state index in [4.69, 9.17) is 4.74 Å². The molecule has 0 N–H and O–H groups in total. The lowest BCUT2D eigenvalue weighted by molar-refractivity contribution is -0.123. The quantitative estimate of drug-likeness (QED) is 0.562. The average Bonchev–Trinajstić information content (AvgIpc) is 2.19. The zero-order valence-corrected chi connectivity index (χ0v) is 8.45. The molecule has 0 saturated carbocycles. The number of thiocarbonyl (C=S) groups is 1. The predicted octanol–water partition coefficient (Wildman–Crippen LogP) is 2.08. The van der Waals surface area contributed by atoms with Crippen molar-refractivity contribution in [3.05, 3.63) is 30.3 Å². The number of amides is 1. The molecule has 0 bridgehead atoms. The van der Waals surface area contributed by atoms with Crippen LogP contribution in [0.2, 0.25) is 0 Å². The van der Waals surface area contributed by atoms with Crippen molar-refractivity contribution in [2.24, 2.45) is 4.99 Å². The van der Waals surface area contributed by atoms with E-state index in [0.29, 0.717) is 5.75 Å². The maximum Gasteiger partial charge on any atom is 0.295 e. The number of hydrogen-bond acceptors (Lipinski definition) is 3. The molecule has 1 rings (SSSR count). The van der Waals surface area contributed by atoms with E-state index >= 15 is 0 Å². The zero-order valence-electron chi connectivity index (χ0n) is 7.64. The monoisotopic (exact) mass is 207 g/mol. The molecule has 0 spiro atoms. The topological polar surface area (TPSA) is 38.7 Å². The van der Waals surface area contributed by atoms with Gasteiger partial charge in [-0.3, -0.25) is 4.79 Å². The Morgan fingerprint density at radius 1 is 1.50 bits per heavy atom. The van der Waals surface area contributed by atoms with Crippen LogP contribution in [0, 0.1) is 0 Å². The molecule has 14 heavy (non-hydrogen) atoms. The number of isothiocyanates is 1. The minimum atomic E-state index is -0.632. The van der Waals surface area contributed by atoms with Crippen LogP contribution in [-0.2, 0) is 4.79 Å². The number of ether oxygens (including phenoxy) is 1. The zero-order chi connectivity index (χ0) is 10.4. The molecule has 4 heteroatoms. The molecular weight excluding hydrogens is 198 g/mol. The Morgan fingerprint density at radius 3 is 2.71 bits per heavy atom. The second kappa shape index (κ2) is 5.27. The van der Waals surface area contributed by atoms with Crippen molar-refractivity contribution in [1.82, 2.24) is 0 Å². The lowest BCUT2D eigenvalue weighted by atomic mass is 10.3. The van der Waals surface area contributed by atoms with E-state index in [-0.39, 0.29) is 0 Å². The first-order chi connectivity index (χ1) is 6.74. The van der Waals surface area contributed by atoms with Gasteiger partial charge in [-0.15, -0.1) is 0 Å². The maximum absolute atomic E-state index is 11.1. The average molecular weight is 207 g/mol. The second-order valence-electron chi connectivity index (χ2n) is 2.61. The molecule has 1 amide bonds. The van der Waals surface area contributed by atoms with Crippen molar-refractivity contribution in [1.29, 1.82) is 0 Å². The van der Waals surface area contributed by atoms with Gasteiger partial charge in [0.05, 0.1) is 5.16 Å². The number of hydrogen-bond donors (Lipinski definition) is 0. The fraction of sp³-hybridized carbons (Fsp3) is 0.200. The summed E-state index contributed by atoms with van der Waals surface area (Å²) in [7, 11) is 0. The van der Waals surface area contributed by atoms with Crippen LogP contribution < -0.4 is 4.74 Å². The lowest BCUT2D eigenvalue weighted by Gasteiger charge is -2.09. The lowest BCUT2D eigenvalue weighted by Crippen LogP contribution is -2.21. The number of para-hydroxylation sites is 1. The minimum absolute atomic E-state index is 0.427. The predicted molar refractivity (Wildman–Crippen MR) is 56.6 cm³/mol. The maximum atomic E-state index is 11.1. The highest BCUT2D eigenvalue weighted by atomic mass is 32.1. The molecule has 0 aliphatic rings. The Labute approximate surface area is 87.4 Å². The Bertz CT molecular complexity index is 358. The van der Waals surface area contributed by atoms with Gasteiger partial charge in [0.25, 0.3) is 5.91 Å². The largest absolute Gasteiger partial charge is 0.481 e. The first-order valence-electron chi connectivity index (χ1n) is 4.07. The van der Waals surface area contributed by atoms with Gasteiger partial charge in [-0.25, -0.2) is 0 Å². The Kier molecular flexibility index (Phi) is 3.98. The van der Waals surface area contributed by atoms with Crippen LogP contribution >= 0.6 is 12.2 Å². The molecule has 0 aliphatic heterocycles. The molecule has 3 nitrogen and oxygen atoms in total. The van der Waals surface area contributed by atoms with Gasteiger partial charge in [-0.05, 0) is 31.3 Å². The Morgan fingerprint density at radius 2 is 2.14 bits per heavy atom. The summed E-state index contributed by atoms with van der Waals surface area (Å²) >= 11 is 4.32. The third-order valence-electron chi connectivity index (χ3n) is 1.56. The highest BCUT2D eigenvalue weighted by Crippen LogP contribution is 2.10. The van der Waals surface area contributed by atoms with E-state index in [0.717, 1.165) is 0 Å². The van der Waals surface area contributed by atoms with Crippen LogP contribution in [0.3, 0.4) is 0 Å². The van der Waals surface area contributed by atoms with E-state index < -0.39 is 12.0 Å². The summed E-state index contributed by atoms with van der Waals surface area (Å²) < 4.78 is 5.30. The number of carbonyl (C=O) groups is 1. The SMILES string of the molecule is CC(Oc1ccccc1)C(=O)N=C=S. The summed E-state index contributed by atoms with van der Waals surface area (Å²) in [5, 5.41) is 2.01. The second-order valence-corrected chi connectivity index (χ2v) is 2.80. The molecule has 0 saturated heterocycles. The normalized spacial score (nSPS) is 11.2. The van der Waals surface area contributed by atoms with Gasteiger partial charge >= 0.3 is 0 Å². The van der Waals surface area contributed by atoms with Crippen molar-refractivity contribution in [3.8, 4) is 5.75 Å². The van der Waals surface area contributed by atoms with E-state index in [2.05, 4.69) is 17.2 Å². The molecule has 1 aromatic carbocycles. The Balaban J connectivity index is 2.61. The number of carbonyl (C=O) groups excluding carboxylic acids is 1. The van der Waals surface area contributed by atoms with Gasteiger partial charge in [0.15, 0.2) is 6.10 Å². The van der Waals surface area contributed by atoms with Crippen molar-refractivity contribution in [2.45, 2.75) is 13.0 Å². The molecule has 1 atom stereocenters. The summed E-state index contributed by atoms with van der Waals surface area (Å²) in [6, 6.07) is 9.06. The molecule has 0 aliphatic carbocycles. The number of benzene rings is 1. The highest BCUT2D eigenvalue weighted by molar-refractivity contribution is 7.78. The molecule has 0 fully saturated rings. The third-order valence-corrected chi connectivity index (χ3v) is 1.65. The van der Waals surface area contributed by atoms with Crippen LogP contribution in [0.15, 0.2) is 35.3 Å². The summed E-state index contributed by atoms with van der Waals surface area (Å²) in [4.78, 5) is 14.4. The smallest absolute Gasteiger partial charge is 0.295 e. The fourth-order valence-corrected chi connectivity index (χ4v) is 0.979. The number of nitrogens with zero attached hydrogens (tertiary/aromatic N) is 1. The molecular formula is C10H9NO2S. The van der Waals surface area contributed by atoms with Crippen LogP contribution in [0.25, 0.3) is 0 Å². The van der Waals surface area contributed by atoms with Crippen molar-refractivity contribution < 1.29 is 9.53 Å². The van der Waals surface area contributed by atoms with Crippen molar-refractivity contribution in [2.75, 3.05) is 0 Å². The van der Waals surface area contributed by atoms with Crippen molar-refractivity contribution in [3.63, 3.8) is 0 Å². The standard InChI is InChI=1S/C10H9NO2S/c1-8(10(12)11-7-14)13-9-5-3-2-4-6-9/h2-6,8H,1H3. The summed E-state index contributed by atoms with van der Waals surface area (Å²) in [6.07, 6.45) is -0.632. The van der Waals surface area contributed by atoms with Crippen LogP contribution in [0.4, 0.5) is 0 Å². The van der Waals surface area contributed by atoms with E-state index in [1.807, 2.05) is 23.4 Å². The highest BCUT2D eigenvalue weighted by Gasteiger charge is 2.12. The van der Waals surface area contributed by atoms with Gasteiger partial charge in [0.2, 0.25) is 0 Å². The Hall–Kier alpha value is -1.51. The molecule has 0 radical (unpaired) electrons. The summed E-state index contributed by atoms with van der Waals surface area (Å²) in [5.74, 6) is 0.205. The van der Waals surface area contributed by atoms with Gasteiger partial charge in [0.1, 0.15) is 5.75 Å². The minimum Gasteiger partial charge on any atom is -0.481 e. The first-order valence-corrected chi connectivity index (χ1v) is 4.48. The third kappa shape index (κ3) is 3.09. The summed E-state index contributed by atoms with van der Waals surface area (Å²) in [5.41, 5.74) is 0. The van der Waals surface area contributed by atoms with Crippen LogP contribution in [0.5, 0.6) is 5.75 Å². The van der Waals surface area contributed by atoms with Gasteiger partial charge in [-0.2, -0.15) is 4.99 Å². The van der Waals surface area contributed by atoms with Gasteiger partial charge < -0.3 is 4.74 Å². The van der Waals surface area contributed by atoms with E-state index in [1.54, 1.807) is 19.1 Å². The summed E-state index contributed by atoms with van der Waals surface area (Å²) in [6.45, 7) is 1.62. The van der Waals surface area contributed by atoms with Crippen LogP contribution in [-0.4, -0.2) is 17.2 Å². The number of aliphatic imine (C=N–C) groups is 1. The van der Waals surface area contributed by atoms with E-state index in [9.17, 15) is 4.79 Å². The van der Waals surface area contributed by atoms with Crippen molar-refractivity contribution >= 4 is 23.3 Å². The molecule has 72 valence electrons. The molecule has 1 unspecified atom stereocenters. The fourth-order valence-electron chi connectivity index (χ4n) is 0.889. The molecule has 0 heterocycles. The number of rotatable bonds is 3. The molecule has 0 aromatic heterocycles. The van der Waals surface area contributed by atoms with Crippen LogP contribution in [0.1, 0.15) is 6.92 Å².